The van der Waals surface area contributed by atoms with Crippen LogP contribution in [-0.2, 0) is 4.79 Å². The predicted octanol–water partition coefficient (Wildman–Crippen LogP) is -0.0824. The Morgan fingerprint density at radius 3 is 2.70 bits per heavy atom. The molecule has 7 heteroatoms. The average molecular weight is 275 g/mol. The number of aliphatic hydroxyl groups is 1. The number of carbonyl (C=O) groups is 2. The van der Waals surface area contributed by atoms with E-state index in [4.69, 9.17) is 10.3 Å². The quantitative estimate of drug-likeness (QED) is 0.705. The Morgan fingerprint density at radius 1 is 1.35 bits per heavy atom. The van der Waals surface area contributed by atoms with Crippen molar-refractivity contribution in [3.63, 3.8) is 0 Å². The van der Waals surface area contributed by atoms with E-state index in [2.05, 4.69) is 10.5 Å². The highest BCUT2D eigenvalue weighted by Crippen LogP contribution is 2.19. The van der Waals surface area contributed by atoms with Crippen molar-refractivity contribution in [3.8, 4) is 11.3 Å². The van der Waals surface area contributed by atoms with Crippen LogP contribution in [0.15, 0.2) is 40.9 Å². The normalized spacial score (nSPS) is 11.8. The van der Waals surface area contributed by atoms with Gasteiger partial charge < -0.3 is 20.7 Å². The first-order valence-corrected chi connectivity index (χ1v) is 5.85. The van der Waals surface area contributed by atoms with Crippen LogP contribution in [0, 0.1) is 0 Å². The number of primary amides is 1. The standard InChI is InChI=1S/C13H13N3O4/c14-12(18)10(17)7-15-13(19)9-6-11(20-16-9)8-4-2-1-3-5-8/h1-6,10,17H,7H2,(H2,14,18)(H,15,19). The smallest absolute Gasteiger partial charge is 0.273 e. The summed E-state index contributed by atoms with van der Waals surface area (Å²) in [5.74, 6) is -1.02. The maximum absolute atomic E-state index is 11.7. The Labute approximate surface area is 114 Å². The highest BCUT2D eigenvalue weighted by molar-refractivity contribution is 5.93. The SMILES string of the molecule is NC(=O)C(O)CNC(=O)c1cc(-c2ccccc2)on1. The van der Waals surface area contributed by atoms with Crippen molar-refractivity contribution in [2.75, 3.05) is 6.54 Å². The number of carbonyl (C=O) groups excluding carboxylic acids is 2. The molecule has 0 fully saturated rings. The van der Waals surface area contributed by atoms with Crippen LogP contribution in [0.1, 0.15) is 10.5 Å². The summed E-state index contributed by atoms with van der Waals surface area (Å²) in [6.07, 6.45) is -1.43. The monoisotopic (exact) mass is 275 g/mol. The van der Waals surface area contributed by atoms with E-state index in [9.17, 15) is 14.7 Å². The molecule has 0 aliphatic heterocycles. The molecule has 20 heavy (non-hydrogen) atoms. The number of nitrogens with one attached hydrogen (secondary N) is 1. The number of hydrogen-bond acceptors (Lipinski definition) is 5. The van der Waals surface area contributed by atoms with Gasteiger partial charge in [0, 0.05) is 11.6 Å². The lowest BCUT2D eigenvalue weighted by Crippen LogP contribution is -2.40. The summed E-state index contributed by atoms with van der Waals surface area (Å²) >= 11 is 0. The van der Waals surface area contributed by atoms with Gasteiger partial charge in [-0.1, -0.05) is 35.5 Å². The average Bonchev–Trinajstić information content (AvgIpc) is 2.95. The van der Waals surface area contributed by atoms with Crippen molar-refractivity contribution in [2.24, 2.45) is 5.73 Å². The molecule has 4 N–H and O–H groups in total. The van der Waals surface area contributed by atoms with Crippen molar-refractivity contribution in [1.82, 2.24) is 10.5 Å². The Morgan fingerprint density at radius 2 is 2.05 bits per heavy atom. The van der Waals surface area contributed by atoms with E-state index < -0.39 is 17.9 Å². The lowest BCUT2D eigenvalue weighted by Gasteiger charge is -2.06. The van der Waals surface area contributed by atoms with Gasteiger partial charge in [0.15, 0.2) is 11.5 Å². The lowest BCUT2D eigenvalue weighted by molar-refractivity contribution is -0.125. The molecular formula is C13H13N3O4. The minimum absolute atomic E-state index is 0.0560. The number of benzene rings is 1. The molecule has 104 valence electrons. The summed E-state index contributed by atoms with van der Waals surface area (Å²) in [6, 6.07) is 10.6. The summed E-state index contributed by atoms with van der Waals surface area (Å²) in [5, 5.41) is 15.1. The first-order valence-electron chi connectivity index (χ1n) is 5.85. The Hall–Kier alpha value is -2.67. The van der Waals surface area contributed by atoms with Gasteiger partial charge in [0.2, 0.25) is 5.91 Å². The first kappa shape index (κ1) is 13.8. The molecular weight excluding hydrogens is 262 g/mol. The van der Waals surface area contributed by atoms with Crippen LogP contribution in [-0.4, -0.2) is 34.7 Å². The fourth-order valence-electron chi connectivity index (χ4n) is 1.50. The van der Waals surface area contributed by atoms with E-state index in [1.54, 1.807) is 0 Å². The van der Waals surface area contributed by atoms with E-state index in [1.807, 2.05) is 30.3 Å². The van der Waals surface area contributed by atoms with Gasteiger partial charge in [-0.15, -0.1) is 0 Å². The van der Waals surface area contributed by atoms with Gasteiger partial charge in [0.25, 0.3) is 5.91 Å². The zero-order chi connectivity index (χ0) is 14.5. The fraction of sp³-hybridized carbons (Fsp3) is 0.154. The number of hydrogen-bond donors (Lipinski definition) is 3. The minimum atomic E-state index is -1.43. The highest BCUT2D eigenvalue weighted by Gasteiger charge is 2.16. The van der Waals surface area contributed by atoms with Gasteiger partial charge in [-0.3, -0.25) is 9.59 Å². The van der Waals surface area contributed by atoms with Crippen LogP contribution in [0.25, 0.3) is 11.3 Å². The molecule has 1 heterocycles. The largest absolute Gasteiger partial charge is 0.381 e. The predicted molar refractivity (Wildman–Crippen MR) is 69.5 cm³/mol. The topological polar surface area (TPSA) is 118 Å². The van der Waals surface area contributed by atoms with E-state index in [1.165, 1.54) is 6.07 Å². The summed E-state index contributed by atoms with van der Waals surface area (Å²) < 4.78 is 5.06. The van der Waals surface area contributed by atoms with Gasteiger partial charge >= 0.3 is 0 Å². The second kappa shape index (κ2) is 5.98. The van der Waals surface area contributed by atoms with Crippen LogP contribution in [0.5, 0.6) is 0 Å². The molecule has 2 amide bonds. The zero-order valence-corrected chi connectivity index (χ0v) is 10.4. The molecule has 0 spiro atoms. The van der Waals surface area contributed by atoms with Crippen LogP contribution in [0.3, 0.4) is 0 Å². The van der Waals surface area contributed by atoms with Crippen molar-refractivity contribution in [2.45, 2.75) is 6.10 Å². The van der Waals surface area contributed by atoms with Gasteiger partial charge in [-0.2, -0.15) is 0 Å². The molecule has 0 saturated heterocycles. The van der Waals surface area contributed by atoms with E-state index in [-0.39, 0.29) is 12.2 Å². The molecule has 0 bridgehead atoms. The molecule has 1 aromatic carbocycles. The number of aliphatic hydroxyl groups excluding tert-OH is 1. The maximum atomic E-state index is 11.7. The molecule has 0 saturated carbocycles. The van der Waals surface area contributed by atoms with Crippen LogP contribution < -0.4 is 11.1 Å². The molecule has 0 aliphatic rings. The molecule has 1 aromatic heterocycles. The van der Waals surface area contributed by atoms with Crippen LogP contribution in [0.4, 0.5) is 0 Å². The van der Waals surface area contributed by atoms with Crippen LogP contribution in [0.2, 0.25) is 0 Å². The lowest BCUT2D eigenvalue weighted by atomic mass is 10.1. The number of amides is 2. The summed E-state index contributed by atoms with van der Waals surface area (Å²) in [7, 11) is 0. The number of rotatable bonds is 5. The van der Waals surface area contributed by atoms with Gasteiger partial charge in [0.1, 0.15) is 6.10 Å². The van der Waals surface area contributed by atoms with Crippen molar-refractivity contribution in [3.05, 3.63) is 42.1 Å². The van der Waals surface area contributed by atoms with Crippen molar-refractivity contribution in [1.29, 1.82) is 0 Å². The molecule has 1 atom stereocenters. The van der Waals surface area contributed by atoms with Crippen LogP contribution >= 0.6 is 0 Å². The number of nitrogens with zero attached hydrogens (tertiary/aromatic N) is 1. The number of nitrogens with two attached hydrogens (primary N) is 1. The second-order valence-electron chi connectivity index (χ2n) is 4.07. The molecule has 0 radical (unpaired) electrons. The molecule has 1 unspecified atom stereocenters. The summed E-state index contributed by atoms with van der Waals surface area (Å²) in [6.45, 7) is -0.276. The van der Waals surface area contributed by atoms with E-state index >= 15 is 0 Å². The van der Waals surface area contributed by atoms with Crippen molar-refractivity contribution < 1.29 is 19.2 Å². The highest BCUT2D eigenvalue weighted by atomic mass is 16.5. The third-order valence-electron chi connectivity index (χ3n) is 2.59. The van der Waals surface area contributed by atoms with Gasteiger partial charge in [-0.05, 0) is 0 Å². The van der Waals surface area contributed by atoms with E-state index in [0.717, 1.165) is 5.56 Å². The Balaban J connectivity index is 2.02. The molecule has 0 aliphatic carbocycles. The fourth-order valence-corrected chi connectivity index (χ4v) is 1.50. The molecule has 2 aromatic rings. The number of aromatic nitrogens is 1. The Kier molecular flexibility index (Phi) is 4.11. The maximum Gasteiger partial charge on any atom is 0.273 e. The van der Waals surface area contributed by atoms with Gasteiger partial charge in [0.05, 0.1) is 6.54 Å². The third-order valence-corrected chi connectivity index (χ3v) is 2.59. The summed E-state index contributed by atoms with van der Waals surface area (Å²) in [4.78, 5) is 22.3. The third kappa shape index (κ3) is 3.21. The molecule has 7 nitrogen and oxygen atoms in total. The van der Waals surface area contributed by atoms with Crippen molar-refractivity contribution >= 4 is 11.8 Å². The van der Waals surface area contributed by atoms with E-state index in [0.29, 0.717) is 5.76 Å². The second-order valence-corrected chi connectivity index (χ2v) is 4.07. The van der Waals surface area contributed by atoms with Gasteiger partial charge in [-0.25, -0.2) is 0 Å². The summed E-state index contributed by atoms with van der Waals surface area (Å²) in [5.41, 5.74) is 5.71. The minimum Gasteiger partial charge on any atom is -0.381 e. The Bertz CT molecular complexity index is 609. The zero-order valence-electron chi connectivity index (χ0n) is 10.4. The molecule has 2 rings (SSSR count). The first-order chi connectivity index (χ1) is 9.58.